The molecule has 26 heavy (non-hydrogen) atoms. The second kappa shape index (κ2) is 8.65. The molecule has 0 saturated carbocycles. The van der Waals surface area contributed by atoms with E-state index in [0.29, 0.717) is 16.7 Å². The lowest BCUT2D eigenvalue weighted by Gasteiger charge is -2.33. The Balaban J connectivity index is 1.98. The maximum absolute atomic E-state index is 6.21. The van der Waals surface area contributed by atoms with Crippen LogP contribution in [-0.4, -0.2) is 5.54 Å². The highest BCUT2D eigenvalue weighted by Gasteiger charge is 2.24. The van der Waals surface area contributed by atoms with Crippen LogP contribution in [0.2, 0.25) is 10.0 Å². The lowest BCUT2D eigenvalue weighted by Crippen LogP contribution is -2.41. The van der Waals surface area contributed by atoms with E-state index in [1.54, 1.807) is 0 Å². The molecule has 2 nitrogen and oxygen atoms in total. The number of hydrogen-bond acceptors (Lipinski definition) is 2. The maximum Gasteiger partial charge on any atom is 0.120 e. The van der Waals surface area contributed by atoms with Gasteiger partial charge in [0.25, 0.3) is 0 Å². The maximum atomic E-state index is 6.21. The molecule has 0 aromatic heterocycles. The zero-order valence-electron chi connectivity index (χ0n) is 16.3. The summed E-state index contributed by atoms with van der Waals surface area (Å²) in [5.41, 5.74) is 2.36. The van der Waals surface area contributed by atoms with Crippen LogP contribution in [0.3, 0.4) is 0 Å². The van der Waals surface area contributed by atoms with Crippen LogP contribution in [0, 0.1) is 5.41 Å². The molecule has 2 rings (SSSR count). The molecule has 0 spiro atoms. The second-order valence-electron chi connectivity index (χ2n) is 8.61. The van der Waals surface area contributed by atoms with E-state index in [1.165, 1.54) is 5.56 Å². The van der Waals surface area contributed by atoms with Gasteiger partial charge >= 0.3 is 0 Å². The first-order valence-corrected chi connectivity index (χ1v) is 9.71. The first-order valence-electron chi connectivity index (χ1n) is 8.95. The molecule has 0 aliphatic heterocycles. The average Bonchev–Trinajstić information content (AvgIpc) is 2.51. The molecule has 142 valence electrons. The van der Waals surface area contributed by atoms with Crippen LogP contribution in [0.1, 0.15) is 52.2 Å². The monoisotopic (exact) mass is 393 g/mol. The number of halogens is 2. The van der Waals surface area contributed by atoms with Crippen molar-refractivity contribution in [2.75, 3.05) is 0 Å². The number of hydrogen-bond donors (Lipinski definition) is 1. The average molecular weight is 394 g/mol. The highest BCUT2D eigenvalue weighted by molar-refractivity contribution is 6.35. The molecule has 2 aromatic carbocycles. The minimum atomic E-state index is 0.0696. The lowest BCUT2D eigenvalue weighted by atomic mass is 9.82. The van der Waals surface area contributed by atoms with Gasteiger partial charge in [0.2, 0.25) is 0 Å². The van der Waals surface area contributed by atoms with Crippen LogP contribution < -0.4 is 10.1 Å². The summed E-state index contributed by atoms with van der Waals surface area (Å²) < 4.78 is 5.91. The molecule has 0 unspecified atom stereocenters. The van der Waals surface area contributed by atoms with E-state index >= 15 is 0 Å². The van der Waals surface area contributed by atoms with Crippen molar-refractivity contribution in [1.29, 1.82) is 0 Å². The number of ether oxygens (including phenoxy) is 1. The summed E-state index contributed by atoms with van der Waals surface area (Å²) >= 11 is 12.4. The van der Waals surface area contributed by atoms with E-state index in [2.05, 4.69) is 52.1 Å². The zero-order valence-corrected chi connectivity index (χ0v) is 17.8. The molecule has 0 aliphatic rings. The summed E-state index contributed by atoms with van der Waals surface area (Å²) in [7, 11) is 0. The Hall–Kier alpha value is -1.22. The van der Waals surface area contributed by atoms with Gasteiger partial charge in [-0.05, 0) is 55.5 Å². The predicted molar refractivity (Wildman–Crippen MR) is 112 cm³/mol. The summed E-state index contributed by atoms with van der Waals surface area (Å²) in [6, 6.07) is 13.6. The summed E-state index contributed by atoms with van der Waals surface area (Å²) in [6.07, 6.45) is 1.10. The molecule has 0 saturated heterocycles. The Morgan fingerprint density at radius 2 is 1.54 bits per heavy atom. The van der Waals surface area contributed by atoms with Crippen LogP contribution in [0.15, 0.2) is 42.5 Å². The quantitative estimate of drug-likeness (QED) is 0.553. The van der Waals surface area contributed by atoms with Gasteiger partial charge < -0.3 is 10.1 Å². The minimum absolute atomic E-state index is 0.0696. The molecule has 0 atom stereocenters. The van der Waals surface area contributed by atoms with E-state index in [1.807, 2.05) is 30.3 Å². The van der Waals surface area contributed by atoms with Crippen LogP contribution in [0.4, 0.5) is 0 Å². The summed E-state index contributed by atoms with van der Waals surface area (Å²) in [5, 5.41) is 4.90. The Labute approximate surface area is 167 Å². The number of nitrogens with one attached hydrogen (secondary N) is 1. The first kappa shape index (κ1) is 21.1. The van der Waals surface area contributed by atoms with Gasteiger partial charge in [0.1, 0.15) is 12.4 Å². The Morgan fingerprint density at radius 3 is 2.15 bits per heavy atom. The SMILES string of the molecule is CC(C)(C)CC(C)(C)NCc1cccc(OCc2c(Cl)cccc2Cl)c1. The van der Waals surface area contributed by atoms with Gasteiger partial charge in [-0.3, -0.25) is 0 Å². The summed E-state index contributed by atoms with van der Waals surface area (Å²) in [6.45, 7) is 12.5. The Kier molecular flexibility index (Phi) is 7.01. The molecule has 4 heteroatoms. The third-order valence-corrected chi connectivity index (χ3v) is 4.79. The van der Waals surface area contributed by atoms with Crippen molar-refractivity contribution in [3.8, 4) is 5.75 Å². The van der Waals surface area contributed by atoms with Crippen LogP contribution in [-0.2, 0) is 13.2 Å². The predicted octanol–water partition coefficient (Wildman–Crippen LogP) is 6.88. The Morgan fingerprint density at radius 1 is 0.923 bits per heavy atom. The van der Waals surface area contributed by atoms with Gasteiger partial charge in [-0.25, -0.2) is 0 Å². The molecule has 0 heterocycles. The van der Waals surface area contributed by atoms with Gasteiger partial charge in [0.05, 0.1) is 0 Å². The van der Waals surface area contributed by atoms with Crippen molar-refractivity contribution in [2.45, 2.75) is 59.7 Å². The summed E-state index contributed by atoms with van der Waals surface area (Å²) in [5.74, 6) is 0.814. The minimum Gasteiger partial charge on any atom is -0.489 e. The highest BCUT2D eigenvalue weighted by Crippen LogP contribution is 2.28. The van der Waals surface area contributed by atoms with Gasteiger partial charge in [-0.2, -0.15) is 0 Å². The third kappa shape index (κ3) is 6.83. The normalized spacial score (nSPS) is 12.3. The molecule has 2 aromatic rings. The Bertz CT molecular complexity index is 715. The molecular weight excluding hydrogens is 365 g/mol. The van der Waals surface area contributed by atoms with Crippen LogP contribution in [0.5, 0.6) is 5.75 Å². The standard InChI is InChI=1S/C22H29Cl2NO/c1-21(2,3)15-22(4,5)25-13-16-8-6-9-17(12-16)26-14-18-19(23)10-7-11-20(18)24/h6-12,25H,13-15H2,1-5H3. The van der Waals surface area contributed by atoms with Crippen LogP contribution in [0.25, 0.3) is 0 Å². The third-order valence-electron chi connectivity index (χ3n) is 4.09. The highest BCUT2D eigenvalue weighted by atomic mass is 35.5. The van der Waals surface area contributed by atoms with Gasteiger partial charge in [-0.15, -0.1) is 0 Å². The van der Waals surface area contributed by atoms with E-state index in [9.17, 15) is 0 Å². The molecule has 0 aliphatic carbocycles. The van der Waals surface area contributed by atoms with E-state index in [4.69, 9.17) is 27.9 Å². The fourth-order valence-corrected chi connectivity index (χ4v) is 3.81. The first-order chi connectivity index (χ1) is 12.1. The van der Waals surface area contributed by atoms with Crippen molar-refractivity contribution < 1.29 is 4.74 Å². The second-order valence-corrected chi connectivity index (χ2v) is 9.43. The fraction of sp³-hybridized carbons (Fsp3) is 0.455. The lowest BCUT2D eigenvalue weighted by molar-refractivity contribution is 0.240. The van der Waals surface area contributed by atoms with Gasteiger partial charge in [-0.1, -0.05) is 62.2 Å². The molecule has 0 fully saturated rings. The molecule has 0 amide bonds. The zero-order chi connectivity index (χ0) is 19.4. The van der Waals surface area contributed by atoms with E-state index < -0.39 is 0 Å². The van der Waals surface area contributed by atoms with Crippen molar-refractivity contribution in [2.24, 2.45) is 5.41 Å². The fourth-order valence-electron chi connectivity index (χ4n) is 3.30. The number of rotatable bonds is 7. The summed E-state index contributed by atoms with van der Waals surface area (Å²) in [4.78, 5) is 0. The van der Waals surface area contributed by atoms with Crippen molar-refractivity contribution in [3.05, 3.63) is 63.6 Å². The van der Waals surface area contributed by atoms with Crippen molar-refractivity contribution in [1.82, 2.24) is 5.32 Å². The number of benzene rings is 2. The van der Waals surface area contributed by atoms with Crippen molar-refractivity contribution >= 4 is 23.2 Å². The molecule has 0 radical (unpaired) electrons. The molecule has 1 N–H and O–H groups in total. The van der Waals surface area contributed by atoms with Gasteiger partial charge in [0, 0.05) is 27.7 Å². The topological polar surface area (TPSA) is 21.3 Å². The molecular formula is C22H29Cl2NO. The molecule has 0 bridgehead atoms. The largest absolute Gasteiger partial charge is 0.489 e. The van der Waals surface area contributed by atoms with Crippen molar-refractivity contribution in [3.63, 3.8) is 0 Å². The van der Waals surface area contributed by atoms with E-state index in [-0.39, 0.29) is 11.0 Å². The van der Waals surface area contributed by atoms with E-state index in [0.717, 1.165) is 24.3 Å². The van der Waals surface area contributed by atoms with Crippen LogP contribution >= 0.6 is 23.2 Å². The van der Waals surface area contributed by atoms with Gasteiger partial charge in [0.15, 0.2) is 0 Å². The smallest absolute Gasteiger partial charge is 0.120 e.